The maximum Gasteiger partial charge on any atom is 0.379 e. The van der Waals surface area contributed by atoms with Crippen LogP contribution in [0.15, 0.2) is 35.2 Å². The average molecular weight is 362 g/mol. The predicted molar refractivity (Wildman–Crippen MR) is 94.6 cm³/mol. The number of hydrogen-bond acceptors (Lipinski definition) is 5. The third kappa shape index (κ3) is 4.27. The van der Waals surface area contributed by atoms with Gasteiger partial charge in [-0.05, 0) is 23.5 Å². The lowest BCUT2D eigenvalue weighted by Crippen LogP contribution is -2.15. The van der Waals surface area contributed by atoms with E-state index in [1.165, 1.54) is 6.07 Å². The molecule has 0 saturated heterocycles. The Morgan fingerprint density at radius 1 is 1.24 bits per heavy atom. The van der Waals surface area contributed by atoms with Gasteiger partial charge in [0.25, 0.3) is 10.1 Å². The summed E-state index contributed by atoms with van der Waals surface area (Å²) in [5.74, 6) is -0.367. The highest BCUT2D eigenvalue weighted by atomic mass is 32.2. The van der Waals surface area contributed by atoms with E-state index in [2.05, 4.69) is 11.9 Å². The molecule has 2 rings (SSSR count). The first kappa shape index (κ1) is 19.2. The van der Waals surface area contributed by atoms with Crippen LogP contribution in [0.2, 0.25) is 0 Å². The third-order valence-corrected chi connectivity index (χ3v) is 5.64. The molecule has 0 aliphatic heterocycles. The monoisotopic (exact) mass is 362 g/mol. The SMILES string of the molecule is CCCCC(CC)COS(=O)(=O)c1cc([N+]#N)c([O-])c2ccccc12. The summed E-state index contributed by atoms with van der Waals surface area (Å²) >= 11 is 0. The third-order valence-electron chi connectivity index (χ3n) is 4.32. The molecule has 25 heavy (non-hydrogen) atoms. The van der Waals surface area contributed by atoms with Crippen molar-refractivity contribution in [2.24, 2.45) is 5.92 Å². The number of rotatable bonds is 8. The number of nitrogens with zero attached hydrogens (tertiary/aromatic N) is 2. The molecule has 0 aromatic heterocycles. The predicted octanol–water partition coefficient (Wildman–Crippen LogP) is 4.32. The van der Waals surface area contributed by atoms with Crippen molar-refractivity contribution in [1.29, 1.82) is 5.39 Å². The largest absolute Gasteiger partial charge is 0.867 e. The van der Waals surface area contributed by atoms with Crippen LogP contribution in [0, 0.1) is 11.3 Å². The van der Waals surface area contributed by atoms with Gasteiger partial charge in [-0.25, -0.2) is 0 Å². The molecule has 2 aromatic carbocycles. The molecule has 0 N–H and O–H groups in total. The van der Waals surface area contributed by atoms with E-state index in [4.69, 9.17) is 9.58 Å². The zero-order valence-electron chi connectivity index (χ0n) is 14.4. The fraction of sp³-hybridized carbons (Fsp3) is 0.444. The van der Waals surface area contributed by atoms with E-state index in [-0.39, 0.29) is 33.9 Å². The molecule has 1 atom stereocenters. The highest BCUT2D eigenvalue weighted by Crippen LogP contribution is 2.37. The maximum atomic E-state index is 12.7. The van der Waals surface area contributed by atoms with E-state index in [9.17, 15) is 13.5 Å². The Labute approximate surface area is 148 Å². The van der Waals surface area contributed by atoms with Crippen molar-refractivity contribution in [3.05, 3.63) is 35.3 Å². The molecule has 0 amide bonds. The summed E-state index contributed by atoms with van der Waals surface area (Å²) in [6, 6.07) is 7.38. The summed E-state index contributed by atoms with van der Waals surface area (Å²) in [6.45, 7) is 4.18. The molecule has 0 heterocycles. The van der Waals surface area contributed by atoms with Crippen molar-refractivity contribution < 1.29 is 17.7 Å². The summed E-state index contributed by atoms with van der Waals surface area (Å²) in [5, 5.41) is 21.6. The normalized spacial score (nSPS) is 12.8. The average Bonchev–Trinajstić information content (AvgIpc) is 2.62. The highest BCUT2D eigenvalue weighted by molar-refractivity contribution is 7.87. The zero-order chi connectivity index (χ0) is 18.4. The molecule has 0 radical (unpaired) electrons. The first-order valence-corrected chi connectivity index (χ1v) is 9.82. The molecule has 0 bridgehead atoms. The van der Waals surface area contributed by atoms with Gasteiger partial charge < -0.3 is 5.11 Å². The second-order valence-electron chi connectivity index (χ2n) is 6.02. The van der Waals surface area contributed by atoms with Gasteiger partial charge in [-0.15, -0.1) is 0 Å². The standard InChI is InChI=1S/C18H22N2O4S/c1-3-5-8-13(4-2)12-24-25(22,23)17-11-16(20-19)18(21)15-10-7-6-9-14(15)17/h6-7,9-11,13H,3-5,8,12H2,1-2H3. The van der Waals surface area contributed by atoms with Gasteiger partial charge in [-0.2, -0.15) is 8.42 Å². The number of unbranched alkanes of at least 4 members (excludes halogenated alkanes) is 1. The van der Waals surface area contributed by atoms with Crippen LogP contribution in [-0.2, 0) is 14.3 Å². The molecule has 6 nitrogen and oxygen atoms in total. The molecule has 7 heteroatoms. The molecule has 2 aromatic rings. The summed E-state index contributed by atoms with van der Waals surface area (Å²) < 4.78 is 30.6. The molecular formula is C18H22N2O4S. The summed E-state index contributed by atoms with van der Waals surface area (Å²) in [7, 11) is -4.08. The molecule has 1 unspecified atom stereocenters. The van der Waals surface area contributed by atoms with Crippen molar-refractivity contribution in [2.45, 2.75) is 44.4 Å². The Hall–Kier alpha value is -2.17. The van der Waals surface area contributed by atoms with Gasteiger partial charge in [-0.1, -0.05) is 57.4 Å². The van der Waals surface area contributed by atoms with E-state index in [1.54, 1.807) is 18.2 Å². The smallest absolute Gasteiger partial charge is 0.379 e. The Kier molecular flexibility index (Phi) is 6.34. The lowest BCUT2D eigenvalue weighted by atomic mass is 10.0. The van der Waals surface area contributed by atoms with E-state index in [1.807, 2.05) is 6.92 Å². The van der Waals surface area contributed by atoms with Crippen LogP contribution in [0.1, 0.15) is 39.5 Å². The van der Waals surface area contributed by atoms with E-state index in [0.29, 0.717) is 0 Å². The fourth-order valence-corrected chi connectivity index (χ4v) is 3.93. The van der Waals surface area contributed by atoms with Crippen LogP contribution >= 0.6 is 0 Å². The molecule has 0 aliphatic rings. The van der Waals surface area contributed by atoms with Crippen LogP contribution in [0.4, 0.5) is 5.69 Å². The van der Waals surface area contributed by atoms with Gasteiger partial charge in [0.2, 0.25) is 5.39 Å². The molecular weight excluding hydrogens is 340 g/mol. The summed E-state index contributed by atoms with van der Waals surface area (Å²) in [5.41, 5.74) is -0.320. The molecule has 0 aliphatic carbocycles. The summed E-state index contributed by atoms with van der Waals surface area (Å²) in [4.78, 5) is 2.76. The Morgan fingerprint density at radius 2 is 1.92 bits per heavy atom. The second kappa shape index (κ2) is 8.28. The molecule has 0 saturated carbocycles. The summed E-state index contributed by atoms with van der Waals surface area (Å²) in [6.07, 6.45) is 3.79. The van der Waals surface area contributed by atoms with Crippen LogP contribution in [0.3, 0.4) is 0 Å². The quantitative estimate of drug-likeness (QED) is 0.515. The van der Waals surface area contributed by atoms with Gasteiger partial charge in [0.05, 0.1) is 12.7 Å². The number of fused-ring (bicyclic) bond motifs is 1. The van der Waals surface area contributed by atoms with Gasteiger partial charge in [0, 0.05) is 5.39 Å². The molecule has 0 spiro atoms. The van der Waals surface area contributed by atoms with Crippen LogP contribution in [0.25, 0.3) is 15.7 Å². The minimum atomic E-state index is -4.08. The van der Waals surface area contributed by atoms with Crippen molar-refractivity contribution >= 4 is 26.6 Å². The first-order valence-electron chi connectivity index (χ1n) is 8.41. The Bertz CT molecular complexity index is 888. The first-order chi connectivity index (χ1) is 11.9. The maximum absolute atomic E-state index is 12.7. The van der Waals surface area contributed by atoms with Crippen LogP contribution < -0.4 is 5.11 Å². The van der Waals surface area contributed by atoms with E-state index >= 15 is 0 Å². The van der Waals surface area contributed by atoms with E-state index < -0.39 is 15.9 Å². The van der Waals surface area contributed by atoms with Gasteiger partial charge >= 0.3 is 5.69 Å². The molecule has 134 valence electrons. The van der Waals surface area contributed by atoms with E-state index in [0.717, 1.165) is 31.7 Å². The van der Waals surface area contributed by atoms with Crippen molar-refractivity contribution in [2.75, 3.05) is 6.61 Å². The zero-order valence-corrected chi connectivity index (χ0v) is 15.3. The number of benzene rings is 2. The van der Waals surface area contributed by atoms with Gasteiger partial charge in [0.15, 0.2) is 4.98 Å². The number of hydrogen-bond donors (Lipinski definition) is 0. The minimum Gasteiger partial charge on any atom is -0.867 e. The van der Waals surface area contributed by atoms with Crippen molar-refractivity contribution in [3.8, 4) is 5.75 Å². The second-order valence-corrected chi connectivity index (χ2v) is 7.61. The Balaban J connectivity index is 2.39. The topological polar surface area (TPSA) is 94.6 Å². The molecule has 0 fully saturated rings. The lowest BCUT2D eigenvalue weighted by molar-refractivity contribution is -0.264. The van der Waals surface area contributed by atoms with Crippen molar-refractivity contribution in [1.82, 2.24) is 0 Å². The van der Waals surface area contributed by atoms with Gasteiger partial charge in [0.1, 0.15) is 4.90 Å². The van der Waals surface area contributed by atoms with Crippen molar-refractivity contribution in [3.63, 3.8) is 0 Å². The van der Waals surface area contributed by atoms with Gasteiger partial charge in [-0.3, -0.25) is 4.18 Å². The van der Waals surface area contributed by atoms with Crippen LogP contribution in [0.5, 0.6) is 5.75 Å². The Morgan fingerprint density at radius 3 is 2.52 bits per heavy atom. The fourth-order valence-electron chi connectivity index (χ4n) is 2.73. The highest BCUT2D eigenvalue weighted by Gasteiger charge is 2.25. The van der Waals surface area contributed by atoms with Crippen LogP contribution in [-0.4, -0.2) is 15.0 Å². The lowest BCUT2D eigenvalue weighted by Gasteiger charge is -2.16. The minimum absolute atomic E-state index is 0.0951. The number of diazo groups is 1.